The Morgan fingerprint density at radius 1 is 1.26 bits per heavy atom. The summed E-state index contributed by atoms with van der Waals surface area (Å²) < 4.78 is 28.6. The minimum Gasteiger partial charge on any atom is -0.326 e. The number of fused-ring (bicyclic) bond motifs is 1. The topological polar surface area (TPSA) is 43.8 Å². The first-order valence-electron chi connectivity index (χ1n) is 6.54. The van der Waals surface area contributed by atoms with Crippen LogP contribution in [0.3, 0.4) is 0 Å². The number of nitrogens with zero attached hydrogens (tertiary/aromatic N) is 2. The van der Waals surface area contributed by atoms with Gasteiger partial charge in [0.1, 0.15) is 5.82 Å². The Labute approximate surface area is 111 Å². The quantitative estimate of drug-likeness (QED) is 0.924. The molecule has 0 radical (unpaired) electrons. The monoisotopic (exact) mass is 267 g/mol. The van der Waals surface area contributed by atoms with Crippen LogP contribution in [-0.4, -0.2) is 15.6 Å². The first-order valence-corrected chi connectivity index (χ1v) is 6.54. The van der Waals surface area contributed by atoms with Crippen LogP contribution in [0.15, 0.2) is 12.1 Å². The molecule has 3 nitrogen and oxygen atoms in total. The molecule has 1 unspecified atom stereocenters. The molecule has 5 heteroatoms. The first-order chi connectivity index (χ1) is 8.93. The Bertz CT molecular complexity index is 590. The molecule has 1 aromatic carbocycles. The fraction of sp³-hybridized carbons (Fsp3) is 0.500. The minimum atomic E-state index is -0.868. The molecule has 19 heavy (non-hydrogen) atoms. The van der Waals surface area contributed by atoms with E-state index in [9.17, 15) is 8.78 Å². The number of nitrogens with two attached hydrogens (primary N) is 1. The van der Waals surface area contributed by atoms with Gasteiger partial charge in [0.05, 0.1) is 11.0 Å². The van der Waals surface area contributed by atoms with Crippen LogP contribution < -0.4 is 5.73 Å². The maximum Gasteiger partial charge on any atom is 0.161 e. The highest BCUT2D eigenvalue weighted by Crippen LogP contribution is 2.24. The van der Waals surface area contributed by atoms with Gasteiger partial charge in [0.25, 0.3) is 0 Å². The molecule has 0 aliphatic rings. The molecular weight excluding hydrogens is 248 g/mol. The van der Waals surface area contributed by atoms with Gasteiger partial charge >= 0.3 is 0 Å². The molecule has 2 aromatic rings. The maximum absolute atomic E-state index is 13.4. The van der Waals surface area contributed by atoms with Crippen molar-refractivity contribution in [1.29, 1.82) is 0 Å². The highest BCUT2D eigenvalue weighted by Gasteiger charge is 2.17. The van der Waals surface area contributed by atoms with E-state index in [-0.39, 0.29) is 12.0 Å². The van der Waals surface area contributed by atoms with Crippen molar-refractivity contribution in [2.45, 2.75) is 45.7 Å². The Hall–Kier alpha value is -1.49. The molecule has 0 spiro atoms. The summed E-state index contributed by atoms with van der Waals surface area (Å²) >= 11 is 0. The highest BCUT2D eigenvalue weighted by atomic mass is 19.2. The standard InChI is InChI=1S/C14H19F2N3/c1-4-9(17)7-19-13-6-11(16)10(15)5-12(13)18-14(19)8(2)3/h5-6,8-9H,4,7,17H2,1-3H3. The molecule has 104 valence electrons. The Morgan fingerprint density at radius 3 is 2.47 bits per heavy atom. The summed E-state index contributed by atoms with van der Waals surface area (Å²) in [5.41, 5.74) is 7.06. The number of hydrogen-bond acceptors (Lipinski definition) is 2. The second kappa shape index (κ2) is 5.25. The number of rotatable bonds is 4. The van der Waals surface area contributed by atoms with Crippen LogP contribution in [0, 0.1) is 11.6 Å². The van der Waals surface area contributed by atoms with E-state index in [2.05, 4.69) is 4.98 Å². The Morgan fingerprint density at radius 2 is 1.89 bits per heavy atom. The van der Waals surface area contributed by atoms with E-state index < -0.39 is 11.6 Å². The van der Waals surface area contributed by atoms with E-state index in [0.717, 1.165) is 18.3 Å². The molecule has 0 bridgehead atoms. The average Bonchev–Trinajstić information content (AvgIpc) is 2.68. The van der Waals surface area contributed by atoms with Crippen molar-refractivity contribution < 1.29 is 8.78 Å². The highest BCUT2D eigenvalue weighted by molar-refractivity contribution is 5.76. The number of hydrogen-bond donors (Lipinski definition) is 1. The summed E-state index contributed by atoms with van der Waals surface area (Å²) in [5, 5.41) is 0. The van der Waals surface area contributed by atoms with Crippen LogP contribution in [0.25, 0.3) is 11.0 Å². The first kappa shape index (κ1) is 13.9. The molecular formula is C14H19F2N3. The summed E-state index contributed by atoms with van der Waals surface area (Å²) in [6.45, 7) is 6.56. The molecule has 0 fully saturated rings. The zero-order valence-corrected chi connectivity index (χ0v) is 11.5. The smallest absolute Gasteiger partial charge is 0.161 e. The Balaban J connectivity index is 2.62. The van der Waals surface area contributed by atoms with Crippen molar-refractivity contribution in [3.63, 3.8) is 0 Å². The van der Waals surface area contributed by atoms with E-state index in [1.807, 2.05) is 25.3 Å². The lowest BCUT2D eigenvalue weighted by molar-refractivity contribution is 0.507. The normalized spacial score (nSPS) is 13.4. The van der Waals surface area contributed by atoms with Gasteiger partial charge < -0.3 is 10.3 Å². The predicted octanol–water partition coefficient (Wildman–Crippen LogP) is 3.18. The molecule has 0 saturated carbocycles. The van der Waals surface area contributed by atoms with Crippen LogP contribution in [0.5, 0.6) is 0 Å². The zero-order chi connectivity index (χ0) is 14.2. The van der Waals surface area contributed by atoms with Crippen LogP contribution in [0.1, 0.15) is 38.9 Å². The van der Waals surface area contributed by atoms with Crippen molar-refractivity contribution >= 4 is 11.0 Å². The van der Waals surface area contributed by atoms with Crippen molar-refractivity contribution in [2.24, 2.45) is 5.73 Å². The fourth-order valence-corrected chi connectivity index (χ4v) is 2.14. The molecule has 2 N–H and O–H groups in total. The van der Waals surface area contributed by atoms with Gasteiger partial charge in [-0.15, -0.1) is 0 Å². The summed E-state index contributed by atoms with van der Waals surface area (Å²) in [6.07, 6.45) is 0.820. The van der Waals surface area contributed by atoms with Gasteiger partial charge in [-0.3, -0.25) is 0 Å². The van der Waals surface area contributed by atoms with Gasteiger partial charge in [0, 0.05) is 30.6 Å². The molecule has 0 aliphatic heterocycles. The van der Waals surface area contributed by atoms with Gasteiger partial charge in [-0.1, -0.05) is 20.8 Å². The third-order valence-electron chi connectivity index (χ3n) is 3.28. The lowest BCUT2D eigenvalue weighted by Gasteiger charge is -2.15. The molecule has 1 aromatic heterocycles. The number of imidazole rings is 1. The second-order valence-electron chi connectivity index (χ2n) is 5.16. The second-order valence-corrected chi connectivity index (χ2v) is 5.16. The van der Waals surface area contributed by atoms with Gasteiger partial charge in [-0.25, -0.2) is 13.8 Å². The SMILES string of the molecule is CCC(N)Cn1c(C(C)C)nc2cc(F)c(F)cc21. The molecule has 1 heterocycles. The molecule has 0 aliphatic carbocycles. The summed E-state index contributed by atoms with van der Waals surface area (Å²) in [5.74, 6) is -0.743. The average molecular weight is 267 g/mol. The Kier molecular flexibility index (Phi) is 3.85. The van der Waals surface area contributed by atoms with E-state index in [4.69, 9.17) is 5.73 Å². The summed E-state index contributed by atoms with van der Waals surface area (Å²) in [7, 11) is 0. The van der Waals surface area contributed by atoms with Crippen LogP contribution in [0.4, 0.5) is 8.78 Å². The van der Waals surface area contributed by atoms with Crippen molar-refractivity contribution in [1.82, 2.24) is 9.55 Å². The molecule has 2 rings (SSSR count). The largest absolute Gasteiger partial charge is 0.326 e. The van der Waals surface area contributed by atoms with Gasteiger partial charge in [-0.05, 0) is 6.42 Å². The van der Waals surface area contributed by atoms with E-state index in [1.54, 1.807) is 0 Å². The maximum atomic E-state index is 13.4. The third-order valence-corrected chi connectivity index (χ3v) is 3.28. The van der Waals surface area contributed by atoms with E-state index in [1.165, 1.54) is 6.07 Å². The van der Waals surface area contributed by atoms with Crippen molar-refractivity contribution in [3.05, 3.63) is 29.6 Å². The summed E-state index contributed by atoms with van der Waals surface area (Å²) in [4.78, 5) is 4.40. The molecule has 0 amide bonds. The van der Waals surface area contributed by atoms with E-state index >= 15 is 0 Å². The number of aromatic nitrogens is 2. The molecule has 0 saturated heterocycles. The summed E-state index contributed by atoms with van der Waals surface area (Å²) in [6, 6.07) is 2.32. The lowest BCUT2D eigenvalue weighted by Crippen LogP contribution is -2.26. The molecule has 1 atom stereocenters. The van der Waals surface area contributed by atoms with Crippen LogP contribution in [-0.2, 0) is 6.54 Å². The van der Waals surface area contributed by atoms with E-state index in [0.29, 0.717) is 17.6 Å². The zero-order valence-electron chi connectivity index (χ0n) is 11.5. The number of halogens is 2. The van der Waals surface area contributed by atoms with Crippen molar-refractivity contribution in [2.75, 3.05) is 0 Å². The fourth-order valence-electron chi connectivity index (χ4n) is 2.14. The third kappa shape index (κ3) is 2.61. The lowest BCUT2D eigenvalue weighted by atomic mass is 10.2. The van der Waals surface area contributed by atoms with Gasteiger partial charge in [0.2, 0.25) is 0 Å². The number of benzene rings is 1. The van der Waals surface area contributed by atoms with Gasteiger partial charge in [0.15, 0.2) is 11.6 Å². The predicted molar refractivity (Wildman–Crippen MR) is 72.0 cm³/mol. The van der Waals surface area contributed by atoms with Crippen molar-refractivity contribution in [3.8, 4) is 0 Å². The van der Waals surface area contributed by atoms with Crippen LogP contribution >= 0.6 is 0 Å². The van der Waals surface area contributed by atoms with Crippen LogP contribution in [0.2, 0.25) is 0 Å². The minimum absolute atomic E-state index is 0.0250. The van der Waals surface area contributed by atoms with Gasteiger partial charge in [-0.2, -0.15) is 0 Å².